The maximum atomic E-state index is 13.2. The predicted molar refractivity (Wildman–Crippen MR) is 104 cm³/mol. The third-order valence-corrected chi connectivity index (χ3v) is 4.78. The molecular weight excluding hydrogens is 369 g/mol. The Balaban J connectivity index is 1.60. The van der Waals surface area contributed by atoms with E-state index < -0.39 is 0 Å². The van der Waals surface area contributed by atoms with Gasteiger partial charge in [-0.1, -0.05) is 23.7 Å². The molecule has 0 saturated carbocycles. The van der Waals surface area contributed by atoms with Gasteiger partial charge in [0.1, 0.15) is 12.4 Å². The summed E-state index contributed by atoms with van der Waals surface area (Å²) in [4.78, 5) is 0. The summed E-state index contributed by atoms with van der Waals surface area (Å²) < 4.78 is 30.4. The first kappa shape index (κ1) is 19.9. The molecule has 1 N–H and O–H groups in total. The SMILES string of the molecule is CCOc1cc(CNC[C@@H]2CCCO2)ccc1OCc1ccc(F)cc1Cl. The highest BCUT2D eigenvalue weighted by Crippen LogP contribution is 2.30. The fourth-order valence-electron chi connectivity index (χ4n) is 3.03. The fraction of sp³-hybridized carbons (Fsp3) is 0.429. The normalized spacial score (nSPS) is 16.5. The van der Waals surface area contributed by atoms with E-state index in [9.17, 15) is 4.39 Å². The molecule has 27 heavy (non-hydrogen) atoms. The van der Waals surface area contributed by atoms with Crippen LogP contribution in [0.25, 0.3) is 0 Å². The van der Waals surface area contributed by atoms with Gasteiger partial charge in [0.05, 0.1) is 17.7 Å². The zero-order valence-electron chi connectivity index (χ0n) is 15.5. The molecule has 1 fully saturated rings. The van der Waals surface area contributed by atoms with Crippen molar-refractivity contribution in [2.75, 3.05) is 19.8 Å². The first-order valence-corrected chi connectivity index (χ1v) is 9.68. The Bertz CT molecular complexity index is 750. The van der Waals surface area contributed by atoms with Crippen molar-refractivity contribution in [2.24, 2.45) is 0 Å². The Hall–Kier alpha value is -1.82. The molecule has 1 atom stereocenters. The molecule has 6 heteroatoms. The summed E-state index contributed by atoms with van der Waals surface area (Å²) in [6, 6.07) is 10.2. The van der Waals surface area contributed by atoms with Crippen LogP contribution in [0.15, 0.2) is 36.4 Å². The Kier molecular flexibility index (Phi) is 7.33. The summed E-state index contributed by atoms with van der Waals surface area (Å²) in [7, 11) is 0. The maximum absolute atomic E-state index is 13.2. The zero-order chi connectivity index (χ0) is 19.1. The average molecular weight is 394 g/mol. The number of rotatable bonds is 9. The highest BCUT2D eigenvalue weighted by molar-refractivity contribution is 6.31. The Labute approximate surface area is 164 Å². The van der Waals surface area contributed by atoms with Gasteiger partial charge in [-0.2, -0.15) is 0 Å². The molecule has 1 aliphatic rings. The second kappa shape index (κ2) is 9.93. The van der Waals surface area contributed by atoms with E-state index in [-0.39, 0.29) is 12.4 Å². The summed E-state index contributed by atoms with van der Waals surface area (Å²) in [6.45, 7) is 5.18. The van der Waals surface area contributed by atoms with Gasteiger partial charge < -0.3 is 19.5 Å². The predicted octanol–water partition coefficient (Wildman–Crippen LogP) is 4.73. The molecule has 0 spiro atoms. The monoisotopic (exact) mass is 393 g/mol. The van der Waals surface area contributed by atoms with Crippen molar-refractivity contribution in [2.45, 2.75) is 39.0 Å². The number of ether oxygens (including phenoxy) is 3. The molecule has 1 aliphatic heterocycles. The van der Waals surface area contributed by atoms with E-state index in [1.54, 1.807) is 6.07 Å². The van der Waals surface area contributed by atoms with E-state index in [4.69, 9.17) is 25.8 Å². The van der Waals surface area contributed by atoms with Crippen LogP contribution in [0.3, 0.4) is 0 Å². The molecular formula is C21H25ClFNO3. The minimum Gasteiger partial charge on any atom is -0.490 e. The second-order valence-corrected chi connectivity index (χ2v) is 6.91. The van der Waals surface area contributed by atoms with E-state index in [0.717, 1.165) is 43.7 Å². The average Bonchev–Trinajstić information content (AvgIpc) is 3.16. The summed E-state index contributed by atoms with van der Waals surface area (Å²) in [5.41, 5.74) is 1.84. The van der Waals surface area contributed by atoms with Crippen LogP contribution in [0.1, 0.15) is 30.9 Å². The first-order chi connectivity index (χ1) is 13.2. The molecule has 2 aromatic carbocycles. The van der Waals surface area contributed by atoms with Crippen molar-refractivity contribution in [3.8, 4) is 11.5 Å². The third kappa shape index (κ3) is 5.83. The van der Waals surface area contributed by atoms with Gasteiger partial charge >= 0.3 is 0 Å². The van der Waals surface area contributed by atoms with Crippen LogP contribution in [-0.4, -0.2) is 25.9 Å². The molecule has 2 aromatic rings. The van der Waals surface area contributed by atoms with Gasteiger partial charge in [0, 0.05) is 25.3 Å². The molecule has 3 rings (SSSR count). The molecule has 0 unspecified atom stereocenters. The summed E-state index contributed by atoms with van der Waals surface area (Å²) in [5, 5.41) is 3.78. The number of hydrogen-bond acceptors (Lipinski definition) is 4. The van der Waals surface area contributed by atoms with Crippen LogP contribution in [0.5, 0.6) is 11.5 Å². The van der Waals surface area contributed by atoms with Crippen molar-refractivity contribution in [3.63, 3.8) is 0 Å². The molecule has 0 amide bonds. The minimum absolute atomic E-state index is 0.246. The Morgan fingerprint density at radius 3 is 2.81 bits per heavy atom. The van der Waals surface area contributed by atoms with Crippen LogP contribution >= 0.6 is 11.6 Å². The van der Waals surface area contributed by atoms with Crippen LogP contribution in [0, 0.1) is 5.82 Å². The third-order valence-electron chi connectivity index (χ3n) is 4.43. The van der Waals surface area contributed by atoms with Crippen LogP contribution < -0.4 is 14.8 Å². The van der Waals surface area contributed by atoms with Crippen molar-refractivity contribution in [1.29, 1.82) is 0 Å². The number of benzene rings is 2. The second-order valence-electron chi connectivity index (χ2n) is 6.50. The number of halogens is 2. The highest BCUT2D eigenvalue weighted by Gasteiger charge is 2.15. The number of hydrogen-bond donors (Lipinski definition) is 1. The van der Waals surface area contributed by atoms with E-state index in [0.29, 0.717) is 29.2 Å². The quantitative estimate of drug-likeness (QED) is 0.668. The van der Waals surface area contributed by atoms with Gasteiger partial charge in [0.15, 0.2) is 11.5 Å². The largest absolute Gasteiger partial charge is 0.490 e. The molecule has 146 valence electrons. The van der Waals surface area contributed by atoms with Gasteiger partial charge in [-0.25, -0.2) is 4.39 Å². The molecule has 1 heterocycles. The smallest absolute Gasteiger partial charge is 0.161 e. The van der Waals surface area contributed by atoms with E-state index in [1.807, 2.05) is 25.1 Å². The van der Waals surface area contributed by atoms with Crippen molar-refractivity contribution >= 4 is 11.6 Å². The van der Waals surface area contributed by atoms with Crippen LogP contribution in [-0.2, 0) is 17.9 Å². The van der Waals surface area contributed by atoms with Gasteiger partial charge in [0.2, 0.25) is 0 Å². The van der Waals surface area contributed by atoms with Crippen molar-refractivity contribution < 1.29 is 18.6 Å². The van der Waals surface area contributed by atoms with Gasteiger partial charge in [0.25, 0.3) is 0 Å². The molecule has 1 saturated heterocycles. The van der Waals surface area contributed by atoms with E-state index >= 15 is 0 Å². The minimum atomic E-state index is -0.362. The van der Waals surface area contributed by atoms with E-state index in [2.05, 4.69) is 5.32 Å². The first-order valence-electron chi connectivity index (χ1n) is 9.30. The molecule has 0 bridgehead atoms. The van der Waals surface area contributed by atoms with E-state index in [1.165, 1.54) is 12.1 Å². The zero-order valence-corrected chi connectivity index (χ0v) is 16.2. The lowest BCUT2D eigenvalue weighted by molar-refractivity contribution is 0.110. The topological polar surface area (TPSA) is 39.7 Å². The van der Waals surface area contributed by atoms with Gasteiger partial charge in [-0.3, -0.25) is 0 Å². The maximum Gasteiger partial charge on any atom is 0.161 e. The van der Waals surface area contributed by atoms with Gasteiger partial charge in [-0.15, -0.1) is 0 Å². The number of nitrogens with one attached hydrogen (secondary N) is 1. The molecule has 0 aliphatic carbocycles. The highest BCUT2D eigenvalue weighted by atomic mass is 35.5. The summed E-state index contributed by atoms with van der Waals surface area (Å²) >= 11 is 6.06. The fourth-order valence-corrected chi connectivity index (χ4v) is 3.25. The lowest BCUT2D eigenvalue weighted by atomic mass is 10.2. The van der Waals surface area contributed by atoms with Crippen molar-refractivity contribution in [3.05, 3.63) is 58.4 Å². The molecule has 4 nitrogen and oxygen atoms in total. The van der Waals surface area contributed by atoms with Crippen LogP contribution in [0.2, 0.25) is 5.02 Å². The summed E-state index contributed by atoms with van der Waals surface area (Å²) in [6.07, 6.45) is 2.58. The van der Waals surface area contributed by atoms with Gasteiger partial charge in [-0.05, 0) is 49.6 Å². The standard InChI is InChI=1S/C21H25ClFNO3/c1-2-25-21-10-15(12-24-13-18-4-3-9-26-18)5-8-20(21)27-14-16-6-7-17(23)11-19(16)22/h5-8,10-11,18,24H,2-4,9,12-14H2,1H3/t18-/m0/s1. The summed E-state index contributed by atoms with van der Waals surface area (Å²) in [5.74, 6) is 0.964. The lowest BCUT2D eigenvalue weighted by Crippen LogP contribution is -2.25. The van der Waals surface area contributed by atoms with Crippen molar-refractivity contribution in [1.82, 2.24) is 5.32 Å². The lowest BCUT2D eigenvalue weighted by Gasteiger charge is -2.15. The Morgan fingerprint density at radius 2 is 2.07 bits per heavy atom. The molecule has 0 radical (unpaired) electrons. The van der Waals surface area contributed by atoms with Crippen LogP contribution in [0.4, 0.5) is 4.39 Å². The Morgan fingerprint density at radius 1 is 1.19 bits per heavy atom. The molecule has 0 aromatic heterocycles.